The van der Waals surface area contributed by atoms with Gasteiger partial charge in [-0.25, -0.2) is 0 Å². The lowest BCUT2D eigenvalue weighted by Crippen LogP contribution is -2.29. The molecule has 7 nitrogen and oxygen atoms in total. The maximum Gasteiger partial charge on any atom is 0.296 e. The summed E-state index contributed by atoms with van der Waals surface area (Å²) in [4.78, 5) is 27.8. The minimum atomic E-state index is -0.930. The second-order valence-corrected chi connectivity index (χ2v) is 8.47. The lowest BCUT2D eigenvalue weighted by molar-refractivity contribution is -0.140. The Labute approximate surface area is 202 Å². The summed E-state index contributed by atoms with van der Waals surface area (Å²) in [5, 5.41) is 11.5. The molecule has 2 aromatic carbocycles. The number of nitrogens with zero attached hydrogens (tertiary/aromatic N) is 1. The van der Waals surface area contributed by atoms with Gasteiger partial charge in [0.15, 0.2) is 0 Å². The number of hydrogen-bond acceptors (Lipinski definition) is 6. The summed E-state index contributed by atoms with van der Waals surface area (Å²) in [5.74, 6) is -1.04. The van der Waals surface area contributed by atoms with Gasteiger partial charge in [0.05, 0.1) is 36.6 Å². The maximum atomic E-state index is 13.2. The molecule has 1 fully saturated rings. The molecule has 1 aliphatic rings. The lowest BCUT2D eigenvalue weighted by atomic mass is 9.98. The van der Waals surface area contributed by atoms with Crippen molar-refractivity contribution in [3.8, 4) is 11.5 Å². The molecule has 1 aliphatic heterocycles. The van der Waals surface area contributed by atoms with E-state index in [1.54, 1.807) is 12.1 Å². The van der Waals surface area contributed by atoms with Crippen LogP contribution in [0.15, 0.2) is 58.7 Å². The van der Waals surface area contributed by atoms with Crippen molar-refractivity contribution in [2.75, 3.05) is 14.2 Å². The molecule has 0 aliphatic carbocycles. The number of carbonyl (C=O) groups is 2. The third kappa shape index (κ3) is 4.03. The molecule has 1 atom stereocenters. The van der Waals surface area contributed by atoms with Crippen LogP contribution >= 0.6 is 11.6 Å². The van der Waals surface area contributed by atoms with Crippen LogP contribution in [0.2, 0.25) is 5.02 Å². The fourth-order valence-corrected chi connectivity index (χ4v) is 4.37. The fraction of sp³-hybridized carbons (Fsp3) is 0.231. The number of aryl methyl sites for hydroxylation is 2. The van der Waals surface area contributed by atoms with E-state index in [0.29, 0.717) is 11.5 Å². The maximum absolute atomic E-state index is 13.2. The number of likely N-dealkylation sites (tertiary alicyclic amines) is 1. The van der Waals surface area contributed by atoms with Gasteiger partial charge in [-0.1, -0.05) is 35.4 Å². The number of amides is 1. The second-order valence-electron chi connectivity index (χ2n) is 8.06. The van der Waals surface area contributed by atoms with Crippen molar-refractivity contribution in [3.05, 3.63) is 87.3 Å². The summed E-state index contributed by atoms with van der Waals surface area (Å²) >= 11 is 6.28. The Kier molecular flexibility index (Phi) is 6.39. The zero-order valence-corrected chi connectivity index (χ0v) is 20.0. The number of Topliss-reactive ketones (excluding diaryl/α,β-unsaturated/α-hetero) is 1. The number of rotatable bonds is 6. The quantitative estimate of drug-likeness (QED) is 0.296. The summed E-state index contributed by atoms with van der Waals surface area (Å²) in [5.41, 5.74) is 2.96. The Balaban J connectivity index is 1.89. The van der Waals surface area contributed by atoms with Gasteiger partial charge in [-0.05, 0) is 43.2 Å². The molecule has 2 heterocycles. The molecule has 0 bridgehead atoms. The smallest absolute Gasteiger partial charge is 0.296 e. The molecule has 0 radical (unpaired) electrons. The van der Waals surface area contributed by atoms with Gasteiger partial charge in [0, 0.05) is 12.6 Å². The monoisotopic (exact) mass is 481 g/mol. The predicted molar refractivity (Wildman–Crippen MR) is 127 cm³/mol. The third-order valence-corrected chi connectivity index (χ3v) is 6.22. The highest BCUT2D eigenvalue weighted by molar-refractivity contribution is 6.46. The molecular weight excluding hydrogens is 458 g/mol. The Morgan fingerprint density at radius 1 is 1.09 bits per heavy atom. The molecule has 0 spiro atoms. The molecule has 34 heavy (non-hydrogen) atoms. The zero-order valence-electron chi connectivity index (χ0n) is 19.2. The SMILES string of the molecule is COc1cc(OC)c(/C(O)=C2/C(=O)C(=O)N(Cc3cc(C)ccc3C)C2c2ccco2)cc1Cl. The highest BCUT2D eigenvalue weighted by atomic mass is 35.5. The Hall–Kier alpha value is -3.71. The van der Waals surface area contributed by atoms with E-state index in [9.17, 15) is 14.7 Å². The largest absolute Gasteiger partial charge is 0.507 e. The van der Waals surface area contributed by atoms with Gasteiger partial charge >= 0.3 is 0 Å². The summed E-state index contributed by atoms with van der Waals surface area (Å²) in [6.45, 7) is 4.07. The molecule has 0 saturated carbocycles. The molecule has 176 valence electrons. The van der Waals surface area contributed by atoms with Crippen molar-refractivity contribution in [1.82, 2.24) is 4.90 Å². The van der Waals surface area contributed by atoms with Crippen LogP contribution in [0.4, 0.5) is 0 Å². The average molecular weight is 482 g/mol. The highest BCUT2D eigenvalue weighted by Gasteiger charge is 2.47. The Morgan fingerprint density at radius 2 is 1.82 bits per heavy atom. The van der Waals surface area contributed by atoms with Crippen LogP contribution in [0.25, 0.3) is 5.76 Å². The van der Waals surface area contributed by atoms with Crippen LogP contribution in [-0.2, 0) is 16.1 Å². The van der Waals surface area contributed by atoms with E-state index in [0.717, 1.165) is 16.7 Å². The first-order chi connectivity index (χ1) is 16.3. The van der Waals surface area contributed by atoms with Crippen molar-refractivity contribution in [1.29, 1.82) is 0 Å². The van der Waals surface area contributed by atoms with Gasteiger partial charge in [-0.15, -0.1) is 0 Å². The topological polar surface area (TPSA) is 89.2 Å². The van der Waals surface area contributed by atoms with Gasteiger partial charge in [-0.2, -0.15) is 0 Å². The van der Waals surface area contributed by atoms with Crippen molar-refractivity contribution in [3.63, 3.8) is 0 Å². The standard InChI is InChI=1S/C26H24ClNO6/c1-14-7-8-15(2)16(10-14)13-28-23(19-6-5-9-34-19)22(25(30)26(28)31)24(29)17-11-18(27)21(33-4)12-20(17)32-3/h5-12,23,29H,13H2,1-4H3/b24-22-. The minimum Gasteiger partial charge on any atom is -0.507 e. The van der Waals surface area contributed by atoms with E-state index >= 15 is 0 Å². The van der Waals surface area contributed by atoms with Crippen LogP contribution in [-0.4, -0.2) is 35.9 Å². The Morgan fingerprint density at radius 3 is 2.47 bits per heavy atom. The van der Waals surface area contributed by atoms with E-state index in [2.05, 4.69) is 0 Å². The molecule has 1 unspecified atom stereocenters. The normalized spacial score (nSPS) is 17.3. The van der Waals surface area contributed by atoms with E-state index in [4.69, 9.17) is 25.5 Å². The highest BCUT2D eigenvalue weighted by Crippen LogP contribution is 2.43. The van der Waals surface area contributed by atoms with Crippen molar-refractivity contribution < 1.29 is 28.6 Å². The molecule has 8 heteroatoms. The molecule has 1 N–H and O–H groups in total. The number of benzene rings is 2. The first-order valence-corrected chi connectivity index (χ1v) is 10.9. The molecular formula is C26H24ClNO6. The van der Waals surface area contributed by atoms with Gasteiger partial charge in [0.2, 0.25) is 0 Å². The summed E-state index contributed by atoms with van der Waals surface area (Å²) in [6.07, 6.45) is 1.46. The van der Waals surface area contributed by atoms with Crippen LogP contribution in [0.1, 0.15) is 34.1 Å². The summed E-state index contributed by atoms with van der Waals surface area (Å²) < 4.78 is 16.2. The van der Waals surface area contributed by atoms with Gasteiger partial charge in [0.25, 0.3) is 11.7 Å². The fourth-order valence-electron chi connectivity index (χ4n) is 4.13. The summed E-state index contributed by atoms with van der Waals surface area (Å²) in [6, 6.07) is 11.3. The van der Waals surface area contributed by atoms with E-state index in [-0.39, 0.29) is 28.5 Å². The molecule has 4 rings (SSSR count). The van der Waals surface area contributed by atoms with Crippen molar-refractivity contribution in [2.24, 2.45) is 0 Å². The van der Waals surface area contributed by atoms with E-state index < -0.39 is 23.5 Å². The first-order valence-electron chi connectivity index (χ1n) is 10.6. The summed E-state index contributed by atoms with van der Waals surface area (Å²) in [7, 11) is 2.87. The van der Waals surface area contributed by atoms with Crippen LogP contribution < -0.4 is 9.47 Å². The number of ketones is 1. The van der Waals surface area contributed by atoms with Crippen molar-refractivity contribution in [2.45, 2.75) is 26.4 Å². The van der Waals surface area contributed by atoms with Crippen LogP contribution in [0.3, 0.4) is 0 Å². The third-order valence-electron chi connectivity index (χ3n) is 5.93. The lowest BCUT2D eigenvalue weighted by Gasteiger charge is -2.24. The number of halogens is 1. The molecule has 1 amide bonds. The number of hydrogen-bond donors (Lipinski definition) is 1. The molecule has 1 aromatic heterocycles. The number of carbonyl (C=O) groups excluding carboxylic acids is 2. The number of methoxy groups -OCH3 is 2. The van der Waals surface area contributed by atoms with Crippen LogP contribution in [0.5, 0.6) is 11.5 Å². The number of aliphatic hydroxyl groups is 1. The molecule has 3 aromatic rings. The van der Waals surface area contributed by atoms with E-state index in [1.165, 1.54) is 37.5 Å². The van der Waals surface area contributed by atoms with Crippen LogP contribution in [0, 0.1) is 13.8 Å². The minimum absolute atomic E-state index is 0.107. The Bertz CT molecular complexity index is 1290. The number of furan rings is 1. The van der Waals surface area contributed by atoms with Gasteiger partial charge in [0.1, 0.15) is 29.1 Å². The average Bonchev–Trinajstić information content (AvgIpc) is 3.43. The zero-order chi connectivity index (χ0) is 24.6. The second kappa shape index (κ2) is 9.27. The van der Waals surface area contributed by atoms with Gasteiger partial charge in [-0.3, -0.25) is 9.59 Å². The predicted octanol–water partition coefficient (Wildman–Crippen LogP) is 5.19. The van der Waals surface area contributed by atoms with E-state index in [1.807, 2.05) is 32.0 Å². The van der Waals surface area contributed by atoms with Gasteiger partial charge < -0.3 is 23.9 Å². The first kappa shape index (κ1) is 23.4. The molecule has 1 saturated heterocycles. The number of aliphatic hydroxyl groups excluding tert-OH is 1. The number of ether oxygens (including phenoxy) is 2. The van der Waals surface area contributed by atoms with Crippen molar-refractivity contribution >= 4 is 29.1 Å².